The quantitative estimate of drug-likeness (QED) is 0.893. The van der Waals surface area contributed by atoms with Crippen LogP contribution in [0.25, 0.3) is 16.5 Å². The molecule has 0 unspecified atom stereocenters. The van der Waals surface area contributed by atoms with Crippen molar-refractivity contribution in [1.29, 1.82) is 0 Å². The van der Waals surface area contributed by atoms with E-state index in [2.05, 4.69) is 22.9 Å². The first-order valence-electron chi connectivity index (χ1n) is 7.01. The first-order valence-corrected chi connectivity index (χ1v) is 7.39. The third kappa shape index (κ3) is 2.37. The molecule has 2 aromatic rings. The third-order valence-electron chi connectivity index (χ3n) is 4.15. The molecule has 1 aromatic carbocycles. The van der Waals surface area contributed by atoms with E-state index in [0.29, 0.717) is 11.3 Å². The maximum absolute atomic E-state index is 14.1. The fourth-order valence-corrected chi connectivity index (χ4v) is 3.40. The molecule has 2 heterocycles. The van der Waals surface area contributed by atoms with Gasteiger partial charge in [0, 0.05) is 23.7 Å². The standard InChI is InChI=1S/C16H18ClFN2O/c1-9-5-11(14(8-21)20(2)7-9)12-6-13(17)15(18)10-3-4-19-16(10)12/h3-6,9,14,19,21H,7-8H2,1-2H3/t9-,14-/m1/s1. The van der Waals surface area contributed by atoms with Crippen molar-refractivity contribution in [3.63, 3.8) is 0 Å². The van der Waals surface area contributed by atoms with Gasteiger partial charge in [0.2, 0.25) is 0 Å². The number of fused-ring (bicyclic) bond motifs is 1. The molecule has 21 heavy (non-hydrogen) atoms. The smallest absolute Gasteiger partial charge is 0.151 e. The maximum Gasteiger partial charge on any atom is 0.151 e. The van der Waals surface area contributed by atoms with Crippen molar-refractivity contribution in [2.45, 2.75) is 13.0 Å². The first-order chi connectivity index (χ1) is 10.0. The van der Waals surface area contributed by atoms with Crippen LogP contribution in [0.3, 0.4) is 0 Å². The van der Waals surface area contributed by atoms with Crippen molar-refractivity contribution in [2.24, 2.45) is 5.92 Å². The summed E-state index contributed by atoms with van der Waals surface area (Å²) in [5, 5.41) is 10.3. The molecule has 112 valence electrons. The van der Waals surface area contributed by atoms with Crippen molar-refractivity contribution in [1.82, 2.24) is 9.88 Å². The largest absolute Gasteiger partial charge is 0.394 e. The Hall–Kier alpha value is -1.36. The average Bonchev–Trinajstić information content (AvgIpc) is 2.91. The molecule has 1 aromatic heterocycles. The summed E-state index contributed by atoms with van der Waals surface area (Å²) in [6.07, 6.45) is 3.85. The van der Waals surface area contributed by atoms with Gasteiger partial charge in [-0.1, -0.05) is 24.6 Å². The molecule has 0 aliphatic carbocycles. The molecule has 1 aliphatic rings. The molecular weight excluding hydrogens is 291 g/mol. The van der Waals surface area contributed by atoms with Crippen LogP contribution in [0.5, 0.6) is 0 Å². The second-order valence-corrected chi connectivity index (χ2v) is 6.13. The summed E-state index contributed by atoms with van der Waals surface area (Å²) < 4.78 is 14.1. The van der Waals surface area contributed by atoms with E-state index in [1.807, 2.05) is 7.05 Å². The highest BCUT2D eigenvalue weighted by molar-refractivity contribution is 6.32. The normalized spacial score (nSPS) is 23.6. The number of aliphatic hydroxyl groups is 1. The highest BCUT2D eigenvalue weighted by Gasteiger charge is 2.28. The van der Waals surface area contributed by atoms with Crippen molar-refractivity contribution >= 4 is 28.1 Å². The van der Waals surface area contributed by atoms with Crippen LogP contribution in [-0.4, -0.2) is 41.2 Å². The number of nitrogens with zero attached hydrogens (tertiary/aromatic N) is 1. The number of aromatic nitrogens is 1. The molecule has 2 atom stereocenters. The predicted molar refractivity (Wildman–Crippen MR) is 83.9 cm³/mol. The molecule has 0 fully saturated rings. The van der Waals surface area contributed by atoms with Crippen molar-refractivity contribution in [2.75, 3.05) is 20.2 Å². The lowest BCUT2D eigenvalue weighted by molar-refractivity contribution is 0.167. The van der Waals surface area contributed by atoms with Crippen LogP contribution in [-0.2, 0) is 0 Å². The Kier molecular flexibility index (Phi) is 3.78. The minimum Gasteiger partial charge on any atom is -0.394 e. The third-order valence-corrected chi connectivity index (χ3v) is 4.42. The van der Waals surface area contributed by atoms with Gasteiger partial charge in [-0.15, -0.1) is 0 Å². The number of nitrogens with one attached hydrogen (secondary N) is 1. The van der Waals surface area contributed by atoms with Gasteiger partial charge >= 0.3 is 0 Å². The molecule has 0 bridgehead atoms. The van der Waals surface area contributed by atoms with Gasteiger partial charge in [-0.25, -0.2) is 4.39 Å². The van der Waals surface area contributed by atoms with Gasteiger partial charge in [0.05, 0.1) is 23.2 Å². The molecule has 3 nitrogen and oxygen atoms in total. The molecule has 0 spiro atoms. The van der Waals surface area contributed by atoms with Crippen molar-refractivity contribution in [3.05, 3.63) is 40.8 Å². The summed E-state index contributed by atoms with van der Waals surface area (Å²) >= 11 is 6.04. The first kappa shape index (κ1) is 14.6. The lowest BCUT2D eigenvalue weighted by Gasteiger charge is -2.35. The topological polar surface area (TPSA) is 39.3 Å². The fraction of sp³-hybridized carbons (Fsp3) is 0.375. The molecule has 3 rings (SSSR count). The Balaban J connectivity index is 2.23. The van der Waals surface area contributed by atoms with E-state index in [1.165, 1.54) is 0 Å². The van der Waals surface area contributed by atoms with Crippen molar-refractivity contribution < 1.29 is 9.50 Å². The summed E-state index contributed by atoms with van der Waals surface area (Å²) in [4.78, 5) is 5.21. The number of hydrogen-bond acceptors (Lipinski definition) is 2. The zero-order chi connectivity index (χ0) is 15.1. The fourth-order valence-electron chi connectivity index (χ4n) is 3.19. The molecular formula is C16H18ClFN2O. The summed E-state index contributed by atoms with van der Waals surface area (Å²) in [7, 11) is 1.99. The molecule has 2 N–H and O–H groups in total. The predicted octanol–water partition coefficient (Wildman–Crippen LogP) is 3.29. The lowest BCUT2D eigenvalue weighted by atomic mass is 9.89. The second-order valence-electron chi connectivity index (χ2n) is 5.72. The van der Waals surface area contributed by atoms with E-state index in [-0.39, 0.29) is 17.7 Å². The Morgan fingerprint density at radius 3 is 3.00 bits per heavy atom. The van der Waals surface area contributed by atoms with Crippen LogP contribution in [0.4, 0.5) is 4.39 Å². The van der Waals surface area contributed by atoms with E-state index in [4.69, 9.17) is 11.6 Å². The molecule has 0 amide bonds. The number of aromatic amines is 1. The van der Waals surface area contributed by atoms with Crippen LogP contribution in [0, 0.1) is 11.7 Å². The van der Waals surface area contributed by atoms with Gasteiger partial charge in [0.1, 0.15) is 0 Å². The number of rotatable bonds is 2. The summed E-state index contributed by atoms with van der Waals surface area (Å²) in [6, 6.07) is 3.23. The zero-order valence-electron chi connectivity index (χ0n) is 12.0. The van der Waals surface area contributed by atoms with E-state index >= 15 is 0 Å². The Morgan fingerprint density at radius 2 is 2.29 bits per heavy atom. The number of hydrogen-bond donors (Lipinski definition) is 2. The Bertz CT molecular complexity index is 710. The van der Waals surface area contributed by atoms with Gasteiger partial charge in [-0.3, -0.25) is 4.90 Å². The minimum absolute atomic E-state index is 0.0201. The lowest BCUT2D eigenvalue weighted by Crippen LogP contribution is -2.41. The molecule has 0 saturated heterocycles. The highest BCUT2D eigenvalue weighted by Crippen LogP contribution is 2.36. The van der Waals surface area contributed by atoms with Gasteiger partial charge < -0.3 is 10.1 Å². The van der Waals surface area contributed by atoms with E-state index in [0.717, 1.165) is 23.2 Å². The van der Waals surface area contributed by atoms with Crippen LogP contribution in [0.1, 0.15) is 12.5 Å². The van der Waals surface area contributed by atoms with E-state index < -0.39 is 5.82 Å². The van der Waals surface area contributed by atoms with Gasteiger partial charge in [-0.05, 0) is 30.7 Å². The number of H-pyrrole nitrogens is 1. The second kappa shape index (κ2) is 5.44. The van der Waals surface area contributed by atoms with Crippen molar-refractivity contribution in [3.8, 4) is 0 Å². The van der Waals surface area contributed by atoms with Crippen LogP contribution >= 0.6 is 11.6 Å². The van der Waals surface area contributed by atoms with Gasteiger partial charge in [-0.2, -0.15) is 0 Å². The average molecular weight is 309 g/mol. The number of halogens is 2. The summed E-state index contributed by atoms with van der Waals surface area (Å²) in [6.45, 7) is 3.03. The van der Waals surface area contributed by atoms with E-state index in [1.54, 1.807) is 18.3 Å². The Labute approximate surface area is 128 Å². The van der Waals surface area contributed by atoms with Gasteiger partial charge in [0.25, 0.3) is 0 Å². The number of aliphatic hydroxyl groups excluding tert-OH is 1. The van der Waals surface area contributed by atoms with Crippen LogP contribution < -0.4 is 0 Å². The van der Waals surface area contributed by atoms with E-state index in [9.17, 15) is 9.50 Å². The zero-order valence-corrected chi connectivity index (χ0v) is 12.8. The number of benzene rings is 1. The molecule has 0 saturated carbocycles. The highest BCUT2D eigenvalue weighted by atomic mass is 35.5. The molecule has 1 aliphatic heterocycles. The molecule has 5 heteroatoms. The summed E-state index contributed by atoms with van der Waals surface area (Å²) in [5.74, 6) is -0.0448. The van der Waals surface area contributed by atoms with Gasteiger partial charge in [0.15, 0.2) is 5.82 Å². The monoisotopic (exact) mass is 308 g/mol. The number of likely N-dealkylation sites (N-methyl/N-ethyl adjacent to an activating group) is 1. The van der Waals surface area contributed by atoms with Crippen LogP contribution in [0.15, 0.2) is 24.4 Å². The minimum atomic E-state index is -0.407. The molecule has 0 radical (unpaired) electrons. The Morgan fingerprint density at radius 1 is 1.52 bits per heavy atom. The SMILES string of the molecule is C[C@@H]1C=C(c2cc(Cl)c(F)c3cc[nH]c23)[C@@H](CO)N(C)C1. The van der Waals surface area contributed by atoms with Crippen LogP contribution in [0.2, 0.25) is 5.02 Å². The summed E-state index contributed by atoms with van der Waals surface area (Å²) in [5.41, 5.74) is 2.58. The maximum atomic E-state index is 14.1.